The lowest BCUT2D eigenvalue weighted by Gasteiger charge is -2.47. The van der Waals surface area contributed by atoms with E-state index in [-0.39, 0.29) is 11.3 Å². The van der Waals surface area contributed by atoms with Crippen LogP contribution in [0.25, 0.3) is 11.3 Å². The number of aryl methyl sites for hydroxylation is 1. The molecule has 3 unspecified atom stereocenters. The van der Waals surface area contributed by atoms with Crippen molar-refractivity contribution in [2.45, 2.75) is 115 Å². The molecule has 0 saturated carbocycles. The van der Waals surface area contributed by atoms with Crippen molar-refractivity contribution in [1.29, 1.82) is 0 Å². The highest BCUT2D eigenvalue weighted by Gasteiger charge is 2.57. The van der Waals surface area contributed by atoms with Gasteiger partial charge in [-0.1, -0.05) is 30.0 Å². The highest BCUT2D eigenvalue weighted by Crippen LogP contribution is 2.42. The molecule has 3 fully saturated rings. The van der Waals surface area contributed by atoms with E-state index in [0.29, 0.717) is 67.5 Å². The largest absolute Gasteiger partial charge is 0.453 e. The number of aromatic nitrogens is 2. The number of aliphatic hydroxyl groups excluding tert-OH is 1. The van der Waals surface area contributed by atoms with Crippen molar-refractivity contribution in [3.05, 3.63) is 113 Å². The van der Waals surface area contributed by atoms with E-state index < -0.39 is 108 Å². The summed E-state index contributed by atoms with van der Waals surface area (Å²) in [6, 6.07) is 9.61. The summed E-state index contributed by atoms with van der Waals surface area (Å²) >= 11 is 0. The molecule has 3 aliphatic rings. The van der Waals surface area contributed by atoms with E-state index in [0.717, 1.165) is 76.9 Å². The summed E-state index contributed by atoms with van der Waals surface area (Å²) < 4.78 is 134. The van der Waals surface area contributed by atoms with Crippen LogP contribution in [0.1, 0.15) is 68.4 Å². The monoisotopic (exact) mass is 1130 g/mol. The Hall–Kier alpha value is -7.14. The van der Waals surface area contributed by atoms with Gasteiger partial charge in [-0.15, -0.1) is 0 Å². The number of fused-ring (bicyclic) bond motifs is 2. The minimum absolute atomic E-state index is 0.0250. The van der Waals surface area contributed by atoms with Gasteiger partial charge in [0.25, 0.3) is 5.91 Å². The SMILES string of the molecule is COC(=O)N[C@H](C(=O)NC(Cc1ccc(C#Cc2ccc(N3CC4CCC(C3)N4C3COC3)nc2)cc1)[C@@H](O)CN(Cc1c(F)cc(-c2ccc(C)cn2)cc1F)NC(=O)[C@@H](NC(=O)OC)C(C)(C)C(F)(F)F)C(C)(C)C(F)(F)F. The van der Waals surface area contributed by atoms with Gasteiger partial charge in [0, 0.05) is 72.9 Å². The van der Waals surface area contributed by atoms with Gasteiger partial charge in [-0.05, 0) is 107 Å². The molecule has 0 spiro atoms. The fourth-order valence-electron chi connectivity index (χ4n) is 9.72. The van der Waals surface area contributed by atoms with Crippen molar-refractivity contribution >= 4 is 29.8 Å². The predicted octanol–water partition coefficient (Wildman–Crippen LogP) is 6.73. The van der Waals surface area contributed by atoms with E-state index in [9.17, 15) is 50.6 Å². The van der Waals surface area contributed by atoms with Gasteiger partial charge >= 0.3 is 24.5 Å². The zero-order chi connectivity index (χ0) is 58.5. The van der Waals surface area contributed by atoms with E-state index in [4.69, 9.17) is 4.74 Å². The molecule has 4 aromatic rings. The second-order valence-corrected chi connectivity index (χ2v) is 21.2. The summed E-state index contributed by atoms with van der Waals surface area (Å²) in [7, 11) is 1.67. The van der Waals surface area contributed by atoms with E-state index in [1.807, 2.05) is 22.8 Å². The summed E-state index contributed by atoms with van der Waals surface area (Å²) in [6.07, 6.45) is -10.4. The van der Waals surface area contributed by atoms with Crippen LogP contribution >= 0.6 is 0 Å². The third-order valence-electron chi connectivity index (χ3n) is 14.9. The zero-order valence-corrected chi connectivity index (χ0v) is 44.9. The topological polar surface area (TPSA) is 200 Å². The third-order valence-corrected chi connectivity index (χ3v) is 14.9. The molecule has 25 heteroatoms. The Morgan fingerprint density at radius 3 is 1.79 bits per heavy atom. The summed E-state index contributed by atoms with van der Waals surface area (Å²) in [5.41, 5.74) is -2.45. The van der Waals surface area contributed by atoms with Crippen LogP contribution in [-0.4, -0.2) is 151 Å². The van der Waals surface area contributed by atoms with Crippen LogP contribution in [-0.2, 0) is 36.8 Å². The first-order chi connectivity index (χ1) is 37.6. The Balaban J connectivity index is 1.18. The molecule has 2 aromatic carbocycles. The number of alkyl carbamates (subject to hydrolysis) is 2. The van der Waals surface area contributed by atoms with Crippen molar-refractivity contribution in [3.8, 4) is 23.1 Å². The fourth-order valence-corrected chi connectivity index (χ4v) is 9.72. The fraction of sp³-hybridized carbons (Fsp3) is 0.491. The van der Waals surface area contributed by atoms with Crippen molar-refractivity contribution in [1.82, 2.24) is 41.3 Å². The van der Waals surface area contributed by atoms with Crippen LogP contribution < -0.4 is 26.3 Å². The number of hydrogen-bond donors (Lipinski definition) is 5. The van der Waals surface area contributed by atoms with Gasteiger partial charge < -0.3 is 40.2 Å². The lowest BCUT2D eigenvalue weighted by atomic mass is 9.82. The Morgan fingerprint density at radius 2 is 1.30 bits per heavy atom. The van der Waals surface area contributed by atoms with Crippen molar-refractivity contribution in [3.63, 3.8) is 0 Å². The average Bonchev–Trinajstić information content (AvgIpc) is 3.61. The zero-order valence-electron chi connectivity index (χ0n) is 44.9. The van der Waals surface area contributed by atoms with Crippen molar-refractivity contribution < 1.29 is 73.6 Å². The molecule has 5 heterocycles. The molecular formula is C55H63F8N9O8. The highest BCUT2D eigenvalue weighted by molar-refractivity contribution is 5.87. The number of pyridine rings is 2. The van der Waals surface area contributed by atoms with Crippen LogP contribution in [0.4, 0.5) is 50.5 Å². The van der Waals surface area contributed by atoms with E-state index in [1.165, 1.54) is 24.4 Å². The summed E-state index contributed by atoms with van der Waals surface area (Å²) in [5.74, 6) is 1.35. The molecule has 3 aliphatic heterocycles. The number of nitrogens with zero attached hydrogens (tertiary/aromatic N) is 5. The number of halogens is 8. The number of piperazine rings is 1. The van der Waals surface area contributed by atoms with E-state index in [1.54, 1.807) is 31.3 Å². The van der Waals surface area contributed by atoms with Crippen LogP contribution in [0, 0.1) is 41.2 Å². The summed E-state index contributed by atoms with van der Waals surface area (Å²) in [6.45, 7) is 5.32. The Kier molecular flexibility index (Phi) is 18.7. The first-order valence-corrected chi connectivity index (χ1v) is 25.5. The molecule has 7 rings (SSSR count). The number of carbonyl (C=O) groups excluding carboxylic acids is 4. The van der Waals surface area contributed by atoms with Gasteiger partial charge in [0.15, 0.2) is 0 Å². The number of aliphatic hydroxyl groups is 1. The molecule has 0 radical (unpaired) electrons. The minimum atomic E-state index is -5.18. The minimum Gasteiger partial charge on any atom is -0.453 e. The number of rotatable bonds is 18. The summed E-state index contributed by atoms with van der Waals surface area (Å²) in [5, 5.41) is 18.8. The number of anilines is 1. The second kappa shape index (κ2) is 24.7. The predicted molar refractivity (Wildman–Crippen MR) is 275 cm³/mol. The number of carbonyl (C=O) groups is 4. The molecular weight excluding hydrogens is 1070 g/mol. The Morgan fingerprint density at radius 1 is 0.750 bits per heavy atom. The molecule has 432 valence electrons. The van der Waals surface area contributed by atoms with Gasteiger partial charge in [0.2, 0.25) is 5.91 Å². The third kappa shape index (κ3) is 14.1. The number of methoxy groups -OCH3 is 2. The van der Waals surface area contributed by atoms with Crippen molar-refractivity contribution in [2.75, 3.05) is 52.0 Å². The lowest BCUT2D eigenvalue weighted by Crippen LogP contribution is -2.63. The van der Waals surface area contributed by atoms with Gasteiger partial charge in [-0.25, -0.2) is 28.4 Å². The molecule has 4 amide bonds. The van der Waals surface area contributed by atoms with Gasteiger partial charge in [0.1, 0.15) is 29.5 Å². The number of hydrazine groups is 1. The highest BCUT2D eigenvalue weighted by atomic mass is 19.4. The molecule has 80 heavy (non-hydrogen) atoms. The number of alkyl halides is 6. The van der Waals surface area contributed by atoms with Crippen molar-refractivity contribution in [2.24, 2.45) is 10.8 Å². The number of hydrogen-bond acceptors (Lipinski definition) is 13. The average molecular weight is 1130 g/mol. The van der Waals surface area contributed by atoms with Gasteiger partial charge in [-0.2, -0.15) is 26.3 Å². The van der Waals surface area contributed by atoms with Crippen LogP contribution in [0.5, 0.6) is 0 Å². The van der Waals surface area contributed by atoms with Gasteiger partial charge in [0.05, 0.1) is 62.1 Å². The first-order valence-electron chi connectivity index (χ1n) is 25.5. The van der Waals surface area contributed by atoms with Gasteiger partial charge in [-0.3, -0.25) is 24.9 Å². The Labute approximate surface area is 457 Å². The normalized spacial score (nSPS) is 18.4. The van der Waals surface area contributed by atoms with Crippen LogP contribution in [0.15, 0.2) is 73.1 Å². The molecule has 2 aromatic heterocycles. The lowest BCUT2D eigenvalue weighted by molar-refractivity contribution is -0.221. The number of amides is 4. The summed E-state index contributed by atoms with van der Waals surface area (Å²) in [4.78, 5) is 66.7. The number of nitrogens with one attached hydrogen (secondary N) is 4. The maximum absolute atomic E-state index is 16.1. The maximum Gasteiger partial charge on any atom is 0.407 e. The van der Waals surface area contributed by atoms with Crippen LogP contribution in [0.3, 0.4) is 0 Å². The maximum atomic E-state index is 16.1. The quantitative estimate of drug-likeness (QED) is 0.0400. The smallest absolute Gasteiger partial charge is 0.407 e. The molecule has 6 atom stereocenters. The standard InChI is InChI=1S/C55H63F8N9O8/c1-31-8-18-42(64-23-31)35-21-40(56)39(41(57)22-35)27-71(69-49(75)47(68-51(77)79-7)53(4,5)55(61,62)63)28-44(73)43(66-48(74)46(67-50(76)78-6)52(2,3)54(58,59)60)20-33-12-9-32(10-13-33)11-14-34-15-19-45(65-24-34)70-25-36-16-17-37(26-70)72(36)38-29-80-30-38/h8-10,12-13,15,18-19,21-24,36-38,43-44,46-47,73H,16-17,20,25-30H2,1-7H3,(H,66,74)(H,67,76)(H,68,77)(H,69,75)/t36?,37?,43?,44-,46+,47+/m0/s1. The molecule has 3 saturated heterocycles. The molecule has 17 nitrogen and oxygen atoms in total. The number of ether oxygens (including phenoxy) is 3. The van der Waals surface area contributed by atoms with E-state index in [2.05, 4.69) is 51.8 Å². The molecule has 5 N–H and O–H groups in total. The number of benzene rings is 2. The molecule has 2 bridgehead atoms. The second-order valence-electron chi connectivity index (χ2n) is 21.2. The molecule has 0 aliphatic carbocycles. The van der Waals surface area contributed by atoms with Crippen LogP contribution in [0.2, 0.25) is 0 Å². The Bertz CT molecular complexity index is 2880. The first kappa shape index (κ1) is 60.5. The van der Waals surface area contributed by atoms with E-state index >= 15 is 8.78 Å².